The maximum absolute atomic E-state index is 5.90. The Morgan fingerprint density at radius 1 is 0.955 bits per heavy atom. The van der Waals surface area contributed by atoms with Crippen LogP contribution in [0.5, 0.6) is 0 Å². The van der Waals surface area contributed by atoms with Crippen molar-refractivity contribution in [1.82, 2.24) is 19.6 Å². The molecule has 106 valence electrons. The molecule has 0 aromatic carbocycles. The Balaban J connectivity index is 1.99. The van der Waals surface area contributed by atoms with E-state index in [-0.39, 0.29) is 0 Å². The van der Waals surface area contributed by atoms with Gasteiger partial charge in [0.15, 0.2) is 17.2 Å². The molecule has 0 saturated carbocycles. The fourth-order valence-electron chi connectivity index (χ4n) is 2.58. The van der Waals surface area contributed by atoms with Crippen molar-refractivity contribution < 1.29 is 13.3 Å². The van der Waals surface area contributed by atoms with Gasteiger partial charge < -0.3 is 13.3 Å². The van der Waals surface area contributed by atoms with Crippen molar-refractivity contribution in [3.8, 4) is 22.8 Å². The summed E-state index contributed by atoms with van der Waals surface area (Å²) in [5.41, 5.74) is 1.86. The van der Waals surface area contributed by atoms with Gasteiger partial charge in [0.05, 0.1) is 23.5 Å². The zero-order valence-electron chi connectivity index (χ0n) is 11.1. The van der Waals surface area contributed by atoms with Crippen LogP contribution >= 0.6 is 0 Å². The summed E-state index contributed by atoms with van der Waals surface area (Å²) in [5, 5.41) is 4.85. The lowest BCUT2D eigenvalue weighted by Crippen LogP contribution is -1.89. The predicted octanol–water partition coefficient (Wildman–Crippen LogP) is 3.39. The third kappa shape index (κ3) is 1.42. The van der Waals surface area contributed by atoms with E-state index in [1.54, 1.807) is 29.4 Å². The second kappa shape index (κ2) is 4.08. The third-order valence-corrected chi connectivity index (χ3v) is 3.48. The Kier molecular flexibility index (Phi) is 2.10. The average molecular weight is 292 g/mol. The van der Waals surface area contributed by atoms with Crippen LogP contribution in [0.15, 0.2) is 62.7 Å². The number of rotatable bonds is 2. The molecule has 0 N–H and O–H groups in total. The summed E-state index contributed by atoms with van der Waals surface area (Å²) in [4.78, 5) is 8.58. The molecular formula is C15H8N4O3. The standard InChI is InChI=1S/C15H8N4O3/c1-3-9(20-5-1)11-12-14-16-7-18-19(14)8-17-15(12)22-13(11)10-4-2-6-21-10/h1-8H. The van der Waals surface area contributed by atoms with E-state index in [0.717, 1.165) is 10.9 Å². The molecule has 7 nitrogen and oxygen atoms in total. The van der Waals surface area contributed by atoms with Gasteiger partial charge in [-0.05, 0) is 24.3 Å². The van der Waals surface area contributed by atoms with Crippen molar-refractivity contribution in [2.24, 2.45) is 0 Å². The van der Waals surface area contributed by atoms with E-state index in [0.29, 0.717) is 28.6 Å². The molecule has 0 aliphatic carbocycles. The molecule has 0 unspecified atom stereocenters. The van der Waals surface area contributed by atoms with E-state index in [9.17, 15) is 0 Å². The van der Waals surface area contributed by atoms with Crippen LogP contribution in [0.2, 0.25) is 0 Å². The van der Waals surface area contributed by atoms with Crippen molar-refractivity contribution in [2.45, 2.75) is 0 Å². The zero-order valence-corrected chi connectivity index (χ0v) is 11.1. The van der Waals surface area contributed by atoms with Crippen molar-refractivity contribution in [3.63, 3.8) is 0 Å². The first-order valence-electron chi connectivity index (χ1n) is 6.60. The first-order chi connectivity index (χ1) is 10.9. The molecule has 0 amide bonds. The van der Waals surface area contributed by atoms with Gasteiger partial charge in [-0.15, -0.1) is 0 Å². The molecule has 7 heteroatoms. The Morgan fingerprint density at radius 3 is 2.55 bits per heavy atom. The molecular weight excluding hydrogens is 284 g/mol. The van der Waals surface area contributed by atoms with Gasteiger partial charge in [0.1, 0.15) is 18.4 Å². The van der Waals surface area contributed by atoms with Gasteiger partial charge in [-0.25, -0.2) is 14.5 Å². The van der Waals surface area contributed by atoms with Crippen molar-refractivity contribution >= 4 is 16.7 Å². The van der Waals surface area contributed by atoms with Gasteiger partial charge in [0.25, 0.3) is 0 Å². The molecule has 5 aromatic rings. The van der Waals surface area contributed by atoms with Crippen LogP contribution in [0.1, 0.15) is 0 Å². The van der Waals surface area contributed by atoms with E-state index in [1.807, 2.05) is 18.2 Å². The number of fused-ring (bicyclic) bond motifs is 3. The zero-order chi connectivity index (χ0) is 14.5. The Labute approximate surface area is 122 Å². The highest BCUT2D eigenvalue weighted by molar-refractivity contribution is 6.05. The summed E-state index contributed by atoms with van der Waals surface area (Å²) in [7, 11) is 0. The van der Waals surface area contributed by atoms with Crippen LogP contribution < -0.4 is 0 Å². The highest BCUT2D eigenvalue weighted by Crippen LogP contribution is 2.41. The first kappa shape index (κ1) is 11.3. The predicted molar refractivity (Wildman–Crippen MR) is 76.0 cm³/mol. The van der Waals surface area contributed by atoms with Crippen molar-refractivity contribution in [3.05, 3.63) is 49.4 Å². The topological polar surface area (TPSA) is 82.5 Å². The van der Waals surface area contributed by atoms with Crippen LogP contribution in [0, 0.1) is 0 Å². The maximum Gasteiger partial charge on any atom is 0.232 e. The second-order valence-electron chi connectivity index (χ2n) is 4.71. The molecule has 0 spiro atoms. The Bertz CT molecular complexity index is 1070. The highest BCUT2D eigenvalue weighted by Gasteiger charge is 2.24. The number of nitrogens with zero attached hydrogens (tertiary/aromatic N) is 4. The number of aromatic nitrogens is 4. The van der Waals surface area contributed by atoms with Crippen LogP contribution in [-0.2, 0) is 0 Å². The van der Waals surface area contributed by atoms with E-state index in [4.69, 9.17) is 13.3 Å². The molecule has 0 saturated heterocycles. The molecule has 0 radical (unpaired) electrons. The smallest absolute Gasteiger partial charge is 0.232 e. The van der Waals surface area contributed by atoms with Crippen LogP contribution in [0.25, 0.3) is 39.6 Å². The van der Waals surface area contributed by atoms with Crippen molar-refractivity contribution in [1.29, 1.82) is 0 Å². The second-order valence-corrected chi connectivity index (χ2v) is 4.71. The molecule has 0 aliphatic rings. The first-order valence-corrected chi connectivity index (χ1v) is 6.60. The minimum atomic E-state index is 0.457. The van der Waals surface area contributed by atoms with Gasteiger partial charge in [0.2, 0.25) is 5.71 Å². The molecule has 0 bridgehead atoms. The summed E-state index contributed by atoms with van der Waals surface area (Å²) in [6.07, 6.45) is 6.24. The maximum atomic E-state index is 5.90. The van der Waals surface area contributed by atoms with Crippen LogP contribution in [0.4, 0.5) is 0 Å². The monoisotopic (exact) mass is 292 g/mol. The summed E-state index contributed by atoms with van der Waals surface area (Å²) >= 11 is 0. The number of hydrogen-bond acceptors (Lipinski definition) is 6. The van der Waals surface area contributed by atoms with Gasteiger partial charge in [-0.2, -0.15) is 5.10 Å². The van der Waals surface area contributed by atoms with Gasteiger partial charge >= 0.3 is 0 Å². The Hall–Kier alpha value is -3.35. The molecule has 5 rings (SSSR count). The summed E-state index contributed by atoms with van der Waals surface area (Å²) in [6, 6.07) is 7.30. The molecule has 0 aliphatic heterocycles. The fourth-order valence-corrected chi connectivity index (χ4v) is 2.58. The minimum Gasteiger partial charge on any atom is -0.464 e. The fraction of sp³-hybridized carbons (Fsp3) is 0. The van der Waals surface area contributed by atoms with E-state index >= 15 is 0 Å². The van der Waals surface area contributed by atoms with Crippen LogP contribution in [0.3, 0.4) is 0 Å². The average Bonchev–Trinajstić information content (AvgIpc) is 3.28. The lowest BCUT2D eigenvalue weighted by atomic mass is 10.1. The largest absolute Gasteiger partial charge is 0.464 e. The number of furan rings is 3. The molecule has 0 atom stereocenters. The lowest BCUT2D eigenvalue weighted by molar-refractivity contribution is 0.536. The Morgan fingerprint density at radius 2 is 1.77 bits per heavy atom. The van der Waals surface area contributed by atoms with Crippen molar-refractivity contribution in [2.75, 3.05) is 0 Å². The summed E-state index contributed by atoms with van der Waals surface area (Å²) < 4.78 is 18.5. The van der Waals surface area contributed by atoms with E-state index in [2.05, 4.69) is 15.1 Å². The van der Waals surface area contributed by atoms with Gasteiger partial charge in [-0.1, -0.05) is 0 Å². The van der Waals surface area contributed by atoms with Gasteiger partial charge in [0, 0.05) is 0 Å². The minimum absolute atomic E-state index is 0.457. The van der Waals surface area contributed by atoms with E-state index < -0.39 is 0 Å². The summed E-state index contributed by atoms with van der Waals surface area (Å²) in [6.45, 7) is 0. The highest BCUT2D eigenvalue weighted by atomic mass is 16.4. The number of hydrogen-bond donors (Lipinski definition) is 0. The molecule has 22 heavy (non-hydrogen) atoms. The third-order valence-electron chi connectivity index (χ3n) is 3.48. The quantitative estimate of drug-likeness (QED) is 0.496. The van der Waals surface area contributed by atoms with E-state index in [1.165, 1.54) is 6.33 Å². The molecule has 0 fully saturated rings. The normalized spacial score (nSPS) is 11.6. The van der Waals surface area contributed by atoms with Gasteiger partial charge in [-0.3, -0.25) is 0 Å². The molecule has 5 aromatic heterocycles. The molecule has 5 heterocycles. The van der Waals surface area contributed by atoms with Crippen LogP contribution in [-0.4, -0.2) is 19.6 Å². The summed E-state index contributed by atoms with van der Waals surface area (Å²) in [5.74, 6) is 1.81. The SMILES string of the molecule is c1coc(-c2oc3ncn4ncnc4c3c2-c2ccco2)c1. The lowest BCUT2D eigenvalue weighted by Gasteiger charge is -1.97.